The Morgan fingerprint density at radius 3 is 2.22 bits per heavy atom. The standard InChI is InChI=1S/C21H26N2O3S/c1-16-3-5-18(6-4-16)15-22-27(25,26)20-9-7-19(8-10-20)21(24)23-13-11-17(2)12-14-23/h3-10,17,22H,11-15H2,1-2H3. The van der Waals surface area contributed by atoms with Gasteiger partial charge in [0.25, 0.3) is 5.91 Å². The van der Waals surface area contributed by atoms with Crippen molar-refractivity contribution in [2.75, 3.05) is 13.1 Å². The molecule has 1 aliphatic rings. The van der Waals surface area contributed by atoms with E-state index in [1.807, 2.05) is 36.1 Å². The van der Waals surface area contributed by atoms with Crippen LogP contribution in [0.1, 0.15) is 41.3 Å². The van der Waals surface area contributed by atoms with Crippen molar-refractivity contribution >= 4 is 15.9 Å². The topological polar surface area (TPSA) is 66.5 Å². The van der Waals surface area contributed by atoms with Gasteiger partial charge in [-0.05, 0) is 55.5 Å². The van der Waals surface area contributed by atoms with Crippen molar-refractivity contribution in [3.63, 3.8) is 0 Å². The molecule has 27 heavy (non-hydrogen) atoms. The third-order valence-electron chi connectivity index (χ3n) is 5.07. The molecule has 0 atom stereocenters. The molecule has 1 N–H and O–H groups in total. The summed E-state index contributed by atoms with van der Waals surface area (Å²) in [7, 11) is -3.62. The molecule has 1 aliphatic heterocycles. The summed E-state index contributed by atoms with van der Waals surface area (Å²) in [6.07, 6.45) is 2.03. The van der Waals surface area contributed by atoms with Gasteiger partial charge in [-0.3, -0.25) is 4.79 Å². The number of carbonyl (C=O) groups is 1. The number of likely N-dealkylation sites (tertiary alicyclic amines) is 1. The van der Waals surface area contributed by atoms with Gasteiger partial charge in [0.2, 0.25) is 10.0 Å². The fourth-order valence-corrected chi connectivity index (χ4v) is 4.16. The Kier molecular flexibility index (Phi) is 5.97. The van der Waals surface area contributed by atoms with Gasteiger partial charge in [0.1, 0.15) is 0 Å². The van der Waals surface area contributed by atoms with Crippen LogP contribution in [-0.4, -0.2) is 32.3 Å². The normalized spacial score (nSPS) is 15.7. The smallest absolute Gasteiger partial charge is 0.253 e. The summed E-state index contributed by atoms with van der Waals surface area (Å²) in [6, 6.07) is 13.9. The van der Waals surface area contributed by atoms with Crippen molar-refractivity contribution in [1.29, 1.82) is 0 Å². The highest BCUT2D eigenvalue weighted by Gasteiger charge is 2.22. The van der Waals surface area contributed by atoms with E-state index in [1.165, 1.54) is 12.1 Å². The van der Waals surface area contributed by atoms with Crippen LogP contribution < -0.4 is 4.72 Å². The number of aryl methyl sites for hydroxylation is 1. The van der Waals surface area contributed by atoms with Crippen molar-refractivity contribution in [2.45, 2.75) is 38.1 Å². The van der Waals surface area contributed by atoms with Crippen LogP contribution in [0.4, 0.5) is 0 Å². The maximum atomic E-state index is 12.6. The highest BCUT2D eigenvalue weighted by molar-refractivity contribution is 7.89. The summed E-state index contributed by atoms with van der Waals surface area (Å²) in [5.41, 5.74) is 2.56. The first-order chi connectivity index (χ1) is 12.8. The number of nitrogens with zero attached hydrogens (tertiary/aromatic N) is 1. The number of piperidine rings is 1. The molecule has 0 saturated carbocycles. The fraction of sp³-hybridized carbons (Fsp3) is 0.381. The molecule has 6 heteroatoms. The van der Waals surface area contributed by atoms with E-state index >= 15 is 0 Å². The van der Waals surface area contributed by atoms with E-state index < -0.39 is 10.0 Å². The molecule has 5 nitrogen and oxygen atoms in total. The maximum Gasteiger partial charge on any atom is 0.253 e. The summed E-state index contributed by atoms with van der Waals surface area (Å²) in [5, 5.41) is 0. The number of amides is 1. The zero-order valence-electron chi connectivity index (χ0n) is 15.8. The van der Waals surface area contributed by atoms with E-state index in [2.05, 4.69) is 11.6 Å². The number of benzene rings is 2. The van der Waals surface area contributed by atoms with E-state index in [0.717, 1.165) is 37.1 Å². The van der Waals surface area contributed by atoms with Gasteiger partial charge in [-0.2, -0.15) is 0 Å². The molecule has 0 radical (unpaired) electrons. The highest BCUT2D eigenvalue weighted by atomic mass is 32.2. The first kappa shape index (κ1) is 19.6. The Hall–Kier alpha value is -2.18. The molecule has 0 aliphatic carbocycles. The van der Waals surface area contributed by atoms with Crippen molar-refractivity contribution in [2.24, 2.45) is 5.92 Å². The number of sulfonamides is 1. The molecule has 0 aromatic heterocycles. The second-order valence-corrected chi connectivity index (χ2v) is 9.08. The van der Waals surface area contributed by atoms with Crippen LogP contribution in [-0.2, 0) is 16.6 Å². The lowest BCUT2D eigenvalue weighted by molar-refractivity contribution is 0.0697. The SMILES string of the molecule is Cc1ccc(CNS(=O)(=O)c2ccc(C(=O)N3CCC(C)CC3)cc2)cc1. The Bertz CT molecular complexity index is 882. The number of hydrogen-bond donors (Lipinski definition) is 1. The minimum atomic E-state index is -3.62. The molecule has 0 spiro atoms. The second-order valence-electron chi connectivity index (χ2n) is 7.31. The lowest BCUT2D eigenvalue weighted by Crippen LogP contribution is -2.37. The van der Waals surface area contributed by atoms with Crippen LogP contribution in [0.5, 0.6) is 0 Å². The summed E-state index contributed by atoms with van der Waals surface area (Å²) in [4.78, 5) is 14.6. The van der Waals surface area contributed by atoms with E-state index in [-0.39, 0.29) is 17.3 Å². The molecule has 1 saturated heterocycles. The van der Waals surface area contributed by atoms with Gasteiger partial charge in [-0.1, -0.05) is 36.8 Å². The number of nitrogens with one attached hydrogen (secondary N) is 1. The number of carbonyl (C=O) groups excluding carboxylic acids is 1. The largest absolute Gasteiger partial charge is 0.339 e. The summed E-state index contributed by atoms with van der Waals surface area (Å²) in [5.74, 6) is 0.625. The molecular weight excluding hydrogens is 360 g/mol. The second kappa shape index (κ2) is 8.23. The summed E-state index contributed by atoms with van der Waals surface area (Å²) in [6.45, 7) is 5.94. The molecule has 144 valence electrons. The van der Waals surface area contributed by atoms with Gasteiger partial charge in [-0.25, -0.2) is 13.1 Å². The van der Waals surface area contributed by atoms with E-state index in [9.17, 15) is 13.2 Å². The zero-order valence-corrected chi connectivity index (χ0v) is 16.6. The minimum absolute atomic E-state index is 0.0292. The predicted molar refractivity (Wildman–Crippen MR) is 106 cm³/mol. The molecule has 3 rings (SSSR count). The molecule has 0 bridgehead atoms. The summed E-state index contributed by atoms with van der Waals surface area (Å²) >= 11 is 0. The Morgan fingerprint density at radius 1 is 1.04 bits per heavy atom. The molecule has 1 amide bonds. The quantitative estimate of drug-likeness (QED) is 0.857. The van der Waals surface area contributed by atoms with Crippen molar-refractivity contribution in [3.8, 4) is 0 Å². The van der Waals surface area contributed by atoms with Crippen LogP contribution in [0.3, 0.4) is 0 Å². The third-order valence-corrected chi connectivity index (χ3v) is 6.49. The van der Waals surface area contributed by atoms with Crippen LogP contribution in [0.25, 0.3) is 0 Å². The molecule has 0 unspecified atom stereocenters. The van der Waals surface area contributed by atoms with Crippen LogP contribution in [0.2, 0.25) is 0 Å². The first-order valence-electron chi connectivity index (χ1n) is 9.30. The molecule has 1 fully saturated rings. The van der Waals surface area contributed by atoms with Crippen LogP contribution in [0.15, 0.2) is 53.4 Å². The average molecular weight is 387 g/mol. The lowest BCUT2D eigenvalue weighted by Gasteiger charge is -2.30. The molecular formula is C21H26N2O3S. The number of hydrogen-bond acceptors (Lipinski definition) is 3. The van der Waals surface area contributed by atoms with Gasteiger partial charge in [0.15, 0.2) is 0 Å². The van der Waals surface area contributed by atoms with E-state index in [0.29, 0.717) is 11.5 Å². The average Bonchev–Trinajstić information content (AvgIpc) is 2.68. The van der Waals surface area contributed by atoms with Crippen molar-refractivity contribution in [3.05, 3.63) is 65.2 Å². The van der Waals surface area contributed by atoms with Gasteiger partial charge >= 0.3 is 0 Å². The van der Waals surface area contributed by atoms with Gasteiger partial charge in [0, 0.05) is 25.2 Å². The number of rotatable bonds is 5. The maximum absolute atomic E-state index is 12.6. The Morgan fingerprint density at radius 2 is 1.63 bits per heavy atom. The van der Waals surface area contributed by atoms with Crippen molar-refractivity contribution in [1.82, 2.24) is 9.62 Å². The fourth-order valence-electron chi connectivity index (χ4n) is 3.14. The lowest BCUT2D eigenvalue weighted by atomic mass is 9.98. The van der Waals surface area contributed by atoms with Crippen LogP contribution >= 0.6 is 0 Å². The molecule has 2 aromatic carbocycles. The van der Waals surface area contributed by atoms with Crippen LogP contribution in [0, 0.1) is 12.8 Å². The molecule has 1 heterocycles. The Labute approximate surface area is 161 Å². The zero-order chi connectivity index (χ0) is 19.4. The summed E-state index contributed by atoms with van der Waals surface area (Å²) < 4.78 is 27.6. The van der Waals surface area contributed by atoms with Gasteiger partial charge in [-0.15, -0.1) is 0 Å². The predicted octanol–water partition coefficient (Wildman–Crippen LogP) is 3.35. The first-order valence-corrected chi connectivity index (χ1v) is 10.8. The highest BCUT2D eigenvalue weighted by Crippen LogP contribution is 2.19. The Balaban J connectivity index is 1.64. The van der Waals surface area contributed by atoms with Gasteiger partial charge < -0.3 is 4.90 Å². The molecule has 2 aromatic rings. The minimum Gasteiger partial charge on any atom is -0.339 e. The van der Waals surface area contributed by atoms with E-state index in [1.54, 1.807) is 12.1 Å². The van der Waals surface area contributed by atoms with E-state index in [4.69, 9.17) is 0 Å². The monoisotopic (exact) mass is 386 g/mol. The van der Waals surface area contributed by atoms with Gasteiger partial charge in [0.05, 0.1) is 4.90 Å². The van der Waals surface area contributed by atoms with Crippen molar-refractivity contribution < 1.29 is 13.2 Å². The third kappa shape index (κ3) is 4.96.